The van der Waals surface area contributed by atoms with Crippen molar-refractivity contribution in [2.75, 3.05) is 13.7 Å². The molecule has 1 aromatic heterocycles. The molecule has 0 aliphatic rings. The maximum Gasteiger partial charge on any atom is 0.251 e. The molecule has 0 atom stereocenters. The fraction of sp³-hybridized carbons (Fsp3) is 0.412. The average molecular weight is 302 g/mol. The van der Waals surface area contributed by atoms with Crippen molar-refractivity contribution in [2.24, 2.45) is 0 Å². The number of amides is 1. The Balaban J connectivity index is 2.06. The van der Waals surface area contributed by atoms with E-state index in [1.165, 1.54) is 0 Å². The van der Waals surface area contributed by atoms with Crippen LogP contribution in [-0.4, -0.2) is 24.5 Å². The molecule has 1 heterocycles. The Morgan fingerprint density at radius 2 is 2.14 bits per heavy atom. The molecule has 22 heavy (non-hydrogen) atoms. The third-order valence-electron chi connectivity index (χ3n) is 3.60. The number of ether oxygens (including phenoxy) is 1. The molecule has 0 unspecified atom stereocenters. The summed E-state index contributed by atoms with van der Waals surface area (Å²) in [6.45, 7) is 2.53. The zero-order valence-electron chi connectivity index (χ0n) is 13.1. The number of carbonyl (C=O) groups excluding carboxylic acids is 1. The molecular formula is C17H22N2O3. The molecule has 2 N–H and O–H groups in total. The standard InChI is InChI=1S/C17H22N2O3/c1-3-4-5-16(20)18-9-8-12-10-13-11-14(22-2)6-7-15(13)19-17(12)21/h6-7,10-11H,3-5,8-9H2,1-2H3,(H,18,20)(H,19,21). The van der Waals surface area contributed by atoms with Crippen LogP contribution in [0.3, 0.4) is 0 Å². The topological polar surface area (TPSA) is 71.2 Å². The van der Waals surface area contributed by atoms with Crippen molar-refractivity contribution in [1.29, 1.82) is 0 Å². The fourth-order valence-electron chi connectivity index (χ4n) is 2.30. The normalized spacial score (nSPS) is 10.6. The van der Waals surface area contributed by atoms with Gasteiger partial charge in [0, 0.05) is 29.4 Å². The summed E-state index contributed by atoms with van der Waals surface area (Å²) in [4.78, 5) is 26.5. The number of pyridine rings is 1. The molecule has 0 bridgehead atoms. The average Bonchev–Trinajstić information content (AvgIpc) is 2.53. The first-order valence-electron chi connectivity index (χ1n) is 7.60. The number of nitrogens with one attached hydrogen (secondary N) is 2. The van der Waals surface area contributed by atoms with E-state index in [1.807, 2.05) is 24.3 Å². The molecule has 1 amide bonds. The summed E-state index contributed by atoms with van der Waals surface area (Å²) >= 11 is 0. The van der Waals surface area contributed by atoms with E-state index in [9.17, 15) is 9.59 Å². The Labute approximate surface area is 129 Å². The number of carbonyl (C=O) groups is 1. The minimum Gasteiger partial charge on any atom is -0.497 e. The van der Waals surface area contributed by atoms with Crippen LogP contribution in [0, 0.1) is 0 Å². The van der Waals surface area contributed by atoms with E-state index in [0.29, 0.717) is 24.9 Å². The number of aromatic nitrogens is 1. The van der Waals surface area contributed by atoms with Gasteiger partial charge in [0.15, 0.2) is 0 Å². The van der Waals surface area contributed by atoms with E-state index in [0.717, 1.165) is 29.5 Å². The maximum absolute atomic E-state index is 12.0. The monoisotopic (exact) mass is 302 g/mol. The zero-order chi connectivity index (χ0) is 15.9. The third-order valence-corrected chi connectivity index (χ3v) is 3.60. The minimum absolute atomic E-state index is 0.0423. The number of H-pyrrole nitrogens is 1. The summed E-state index contributed by atoms with van der Waals surface area (Å²) in [6.07, 6.45) is 2.95. The van der Waals surface area contributed by atoms with Crippen molar-refractivity contribution < 1.29 is 9.53 Å². The van der Waals surface area contributed by atoms with Crippen molar-refractivity contribution in [1.82, 2.24) is 10.3 Å². The van der Waals surface area contributed by atoms with Gasteiger partial charge in [-0.3, -0.25) is 9.59 Å². The predicted octanol–water partition coefficient (Wildman–Crippen LogP) is 2.39. The summed E-state index contributed by atoms with van der Waals surface area (Å²) in [7, 11) is 1.61. The zero-order valence-corrected chi connectivity index (χ0v) is 13.1. The van der Waals surface area contributed by atoms with E-state index in [-0.39, 0.29) is 11.5 Å². The number of unbranched alkanes of at least 4 members (excludes halogenated alkanes) is 1. The number of aromatic amines is 1. The summed E-state index contributed by atoms with van der Waals surface area (Å²) in [6, 6.07) is 7.38. The summed E-state index contributed by atoms with van der Waals surface area (Å²) in [5.41, 5.74) is 1.33. The van der Waals surface area contributed by atoms with Crippen LogP contribution in [0.4, 0.5) is 0 Å². The van der Waals surface area contributed by atoms with Crippen molar-refractivity contribution in [3.63, 3.8) is 0 Å². The van der Waals surface area contributed by atoms with Gasteiger partial charge in [-0.15, -0.1) is 0 Å². The number of rotatable bonds is 7. The van der Waals surface area contributed by atoms with Gasteiger partial charge in [0.1, 0.15) is 5.75 Å². The molecule has 0 saturated carbocycles. The Bertz CT molecular complexity index is 707. The van der Waals surface area contributed by atoms with Gasteiger partial charge in [-0.05, 0) is 37.1 Å². The number of benzene rings is 1. The molecule has 0 radical (unpaired) electrons. The first-order valence-corrected chi connectivity index (χ1v) is 7.60. The van der Waals surface area contributed by atoms with Crippen LogP contribution in [0.15, 0.2) is 29.1 Å². The lowest BCUT2D eigenvalue weighted by Crippen LogP contribution is -2.27. The molecule has 1 aromatic carbocycles. The number of methoxy groups -OCH3 is 1. The van der Waals surface area contributed by atoms with E-state index >= 15 is 0 Å². The quantitative estimate of drug-likeness (QED) is 0.825. The molecular weight excluding hydrogens is 280 g/mol. The first kappa shape index (κ1) is 16.1. The highest BCUT2D eigenvalue weighted by Crippen LogP contribution is 2.18. The van der Waals surface area contributed by atoms with Crippen LogP contribution >= 0.6 is 0 Å². The van der Waals surface area contributed by atoms with Crippen molar-refractivity contribution in [2.45, 2.75) is 32.6 Å². The van der Waals surface area contributed by atoms with E-state index in [1.54, 1.807) is 7.11 Å². The molecule has 0 aliphatic carbocycles. The van der Waals surface area contributed by atoms with Gasteiger partial charge >= 0.3 is 0 Å². The molecule has 5 nitrogen and oxygen atoms in total. The van der Waals surface area contributed by atoms with Gasteiger partial charge < -0.3 is 15.0 Å². The highest BCUT2D eigenvalue weighted by molar-refractivity contribution is 5.80. The van der Waals surface area contributed by atoms with Gasteiger partial charge in [-0.25, -0.2) is 0 Å². The van der Waals surface area contributed by atoms with Crippen LogP contribution in [0.2, 0.25) is 0 Å². The van der Waals surface area contributed by atoms with Crippen molar-refractivity contribution in [3.8, 4) is 5.75 Å². The first-order chi connectivity index (χ1) is 10.6. The molecule has 2 rings (SSSR count). The largest absolute Gasteiger partial charge is 0.497 e. The van der Waals surface area contributed by atoms with Gasteiger partial charge in [0.2, 0.25) is 5.91 Å². The van der Waals surface area contributed by atoms with E-state index < -0.39 is 0 Å². The Kier molecular flexibility index (Phi) is 5.58. The molecule has 118 valence electrons. The van der Waals surface area contributed by atoms with Crippen LogP contribution in [-0.2, 0) is 11.2 Å². The molecule has 2 aromatic rings. The fourth-order valence-corrected chi connectivity index (χ4v) is 2.30. The summed E-state index contributed by atoms with van der Waals surface area (Å²) < 4.78 is 5.19. The lowest BCUT2D eigenvalue weighted by Gasteiger charge is -2.07. The summed E-state index contributed by atoms with van der Waals surface area (Å²) in [5.74, 6) is 0.791. The SMILES string of the molecule is CCCCC(=O)NCCc1cc2cc(OC)ccc2[nH]c1=O. The van der Waals surface area contributed by atoms with Gasteiger partial charge in [-0.2, -0.15) is 0 Å². The lowest BCUT2D eigenvalue weighted by atomic mass is 10.1. The highest BCUT2D eigenvalue weighted by atomic mass is 16.5. The number of hydrogen-bond acceptors (Lipinski definition) is 3. The van der Waals surface area contributed by atoms with Gasteiger partial charge in [0.05, 0.1) is 7.11 Å². The molecule has 0 fully saturated rings. The minimum atomic E-state index is -0.111. The van der Waals surface area contributed by atoms with Gasteiger partial charge in [0.25, 0.3) is 5.56 Å². The molecule has 0 aliphatic heterocycles. The second kappa shape index (κ2) is 7.64. The van der Waals surface area contributed by atoms with Gasteiger partial charge in [-0.1, -0.05) is 13.3 Å². The van der Waals surface area contributed by atoms with E-state index in [2.05, 4.69) is 17.2 Å². The number of fused-ring (bicyclic) bond motifs is 1. The molecule has 5 heteroatoms. The van der Waals surface area contributed by atoms with Crippen molar-refractivity contribution >= 4 is 16.8 Å². The summed E-state index contributed by atoms with van der Waals surface area (Å²) in [5, 5.41) is 3.77. The Morgan fingerprint density at radius 3 is 2.86 bits per heavy atom. The van der Waals surface area contributed by atoms with Crippen LogP contribution in [0.5, 0.6) is 5.75 Å². The predicted molar refractivity (Wildman–Crippen MR) is 87.4 cm³/mol. The van der Waals surface area contributed by atoms with E-state index in [4.69, 9.17) is 4.74 Å². The Hall–Kier alpha value is -2.30. The number of hydrogen-bond donors (Lipinski definition) is 2. The second-order valence-electron chi connectivity index (χ2n) is 5.28. The second-order valence-corrected chi connectivity index (χ2v) is 5.28. The highest BCUT2D eigenvalue weighted by Gasteiger charge is 2.05. The van der Waals surface area contributed by atoms with Crippen LogP contribution < -0.4 is 15.6 Å². The molecule has 0 spiro atoms. The Morgan fingerprint density at radius 1 is 1.32 bits per heavy atom. The van der Waals surface area contributed by atoms with Crippen LogP contribution in [0.25, 0.3) is 10.9 Å². The molecule has 0 saturated heterocycles. The third kappa shape index (κ3) is 4.10. The smallest absolute Gasteiger partial charge is 0.251 e. The van der Waals surface area contributed by atoms with Crippen LogP contribution in [0.1, 0.15) is 31.7 Å². The lowest BCUT2D eigenvalue weighted by molar-refractivity contribution is -0.121. The maximum atomic E-state index is 12.0. The van der Waals surface area contributed by atoms with Crippen molar-refractivity contribution in [3.05, 3.63) is 40.2 Å².